The number of rotatable bonds is 7. The van der Waals surface area contributed by atoms with Crippen molar-refractivity contribution in [3.05, 3.63) is 21.9 Å². The van der Waals surface area contributed by atoms with Gasteiger partial charge in [0.1, 0.15) is 0 Å². The van der Waals surface area contributed by atoms with Crippen molar-refractivity contribution < 1.29 is 0 Å². The van der Waals surface area contributed by atoms with Crippen LogP contribution in [0.25, 0.3) is 0 Å². The van der Waals surface area contributed by atoms with Crippen molar-refractivity contribution in [2.24, 2.45) is 5.41 Å². The highest BCUT2D eigenvalue weighted by Crippen LogP contribution is 2.44. The van der Waals surface area contributed by atoms with Gasteiger partial charge in [-0.15, -0.1) is 11.3 Å². The summed E-state index contributed by atoms with van der Waals surface area (Å²) < 4.78 is 0. The number of thiophene rings is 1. The molecule has 0 aliphatic heterocycles. The first-order valence-electron chi connectivity index (χ1n) is 7.88. The van der Waals surface area contributed by atoms with Gasteiger partial charge >= 0.3 is 0 Å². The fourth-order valence-corrected chi connectivity index (χ4v) is 4.27. The van der Waals surface area contributed by atoms with Crippen LogP contribution in [0.4, 0.5) is 0 Å². The van der Waals surface area contributed by atoms with Crippen molar-refractivity contribution in [1.29, 1.82) is 0 Å². The molecule has 0 aromatic carbocycles. The molecule has 1 aliphatic carbocycles. The summed E-state index contributed by atoms with van der Waals surface area (Å²) in [6.45, 7) is 7.90. The van der Waals surface area contributed by atoms with Crippen LogP contribution in [0.2, 0.25) is 0 Å². The standard InChI is InChI=1S/C17H29NS/c1-14(2)18-13-12-17(9-4-5-10-17)11-8-16-7-6-15(3)19-16/h6-7,14,18H,4-5,8-13H2,1-3H3. The molecule has 19 heavy (non-hydrogen) atoms. The minimum atomic E-state index is 0.624. The molecule has 1 heterocycles. The Bertz CT molecular complexity index is 374. The van der Waals surface area contributed by atoms with Crippen LogP contribution in [-0.2, 0) is 6.42 Å². The fraction of sp³-hybridized carbons (Fsp3) is 0.765. The molecular formula is C17H29NS. The molecule has 0 atom stereocenters. The van der Waals surface area contributed by atoms with E-state index in [2.05, 4.69) is 38.2 Å². The van der Waals surface area contributed by atoms with E-state index in [1.807, 2.05) is 11.3 Å². The molecule has 0 saturated heterocycles. The van der Waals surface area contributed by atoms with Crippen LogP contribution in [0.3, 0.4) is 0 Å². The number of hydrogen-bond donors (Lipinski definition) is 1. The summed E-state index contributed by atoms with van der Waals surface area (Å²) in [5.74, 6) is 0. The summed E-state index contributed by atoms with van der Waals surface area (Å²) in [6, 6.07) is 5.22. The summed E-state index contributed by atoms with van der Waals surface area (Å²) in [4.78, 5) is 3.04. The van der Waals surface area contributed by atoms with E-state index in [9.17, 15) is 0 Å². The molecular weight excluding hydrogens is 250 g/mol. The van der Waals surface area contributed by atoms with Crippen molar-refractivity contribution in [3.63, 3.8) is 0 Å². The van der Waals surface area contributed by atoms with E-state index in [0.717, 1.165) is 0 Å². The molecule has 0 amide bonds. The van der Waals surface area contributed by atoms with Gasteiger partial charge in [0, 0.05) is 15.8 Å². The summed E-state index contributed by atoms with van der Waals surface area (Å²) in [5.41, 5.74) is 0.639. The molecule has 0 radical (unpaired) electrons. The van der Waals surface area contributed by atoms with E-state index < -0.39 is 0 Å². The maximum absolute atomic E-state index is 3.60. The quantitative estimate of drug-likeness (QED) is 0.745. The zero-order valence-electron chi connectivity index (χ0n) is 12.8. The lowest BCUT2D eigenvalue weighted by Gasteiger charge is -2.29. The first kappa shape index (κ1) is 15.1. The third-order valence-electron chi connectivity index (χ3n) is 4.57. The summed E-state index contributed by atoms with van der Waals surface area (Å²) in [5, 5.41) is 3.60. The van der Waals surface area contributed by atoms with Crippen molar-refractivity contribution in [2.45, 2.75) is 71.8 Å². The second-order valence-corrected chi connectivity index (χ2v) is 7.95. The average Bonchev–Trinajstić information content (AvgIpc) is 2.96. The van der Waals surface area contributed by atoms with Crippen LogP contribution < -0.4 is 5.32 Å². The molecule has 1 aliphatic rings. The third kappa shape index (κ3) is 4.61. The predicted octanol–water partition coefficient (Wildman–Crippen LogP) is 4.94. The Morgan fingerprint density at radius 2 is 1.95 bits per heavy atom. The smallest absolute Gasteiger partial charge is 0.00482 e. The summed E-state index contributed by atoms with van der Waals surface area (Å²) >= 11 is 1.98. The first-order valence-corrected chi connectivity index (χ1v) is 8.70. The second kappa shape index (κ2) is 6.90. The van der Waals surface area contributed by atoms with Gasteiger partial charge in [-0.25, -0.2) is 0 Å². The normalized spacial score (nSPS) is 18.3. The molecule has 1 N–H and O–H groups in total. The average molecular weight is 279 g/mol. The van der Waals surface area contributed by atoms with Crippen molar-refractivity contribution >= 4 is 11.3 Å². The second-order valence-electron chi connectivity index (χ2n) is 6.58. The zero-order valence-corrected chi connectivity index (χ0v) is 13.6. The number of hydrogen-bond acceptors (Lipinski definition) is 2. The van der Waals surface area contributed by atoms with Crippen LogP contribution in [0, 0.1) is 12.3 Å². The maximum Gasteiger partial charge on any atom is 0.00482 e. The van der Waals surface area contributed by atoms with E-state index >= 15 is 0 Å². The Hall–Kier alpha value is -0.340. The molecule has 2 heteroatoms. The van der Waals surface area contributed by atoms with Gasteiger partial charge in [-0.05, 0) is 63.1 Å². The van der Waals surface area contributed by atoms with Gasteiger partial charge < -0.3 is 5.32 Å². The topological polar surface area (TPSA) is 12.0 Å². The lowest BCUT2D eigenvalue weighted by Crippen LogP contribution is -2.29. The van der Waals surface area contributed by atoms with E-state index in [1.54, 1.807) is 4.88 Å². The Balaban J connectivity index is 1.84. The molecule has 1 fully saturated rings. The SMILES string of the molecule is Cc1ccc(CCC2(CCNC(C)C)CCCC2)s1. The number of nitrogens with one attached hydrogen (secondary N) is 1. The monoisotopic (exact) mass is 279 g/mol. The van der Waals surface area contributed by atoms with Crippen LogP contribution in [0.1, 0.15) is 62.1 Å². The molecule has 0 unspecified atom stereocenters. The molecule has 1 saturated carbocycles. The van der Waals surface area contributed by atoms with E-state index in [4.69, 9.17) is 0 Å². The Labute approximate surface area is 122 Å². The highest BCUT2D eigenvalue weighted by Gasteiger charge is 2.32. The van der Waals surface area contributed by atoms with Gasteiger partial charge in [0.15, 0.2) is 0 Å². The molecule has 1 aromatic heterocycles. The van der Waals surface area contributed by atoms with Crippen LogP contribution >= 0.6 is 11.3 Å². The highest BCUT2D eigenvalue weighted by atomic mass is 32.1. The van der Waals surface area contributed by atoms with Crippen molar-refractivity contribution in [2.75, 3.05) is 6.54 Å². The van der Waals surface area contributed by atoms with Crippen molar-refractivity contribution in [1.82, 2.24) is 5.32 Å². The lowest BCUT2D eigenvalue weighted by molar-refractivity contribution is 0.243. The van der Waals surface area contributed by atoms with Gasteiger partial charge in [0.05, 0.1) is 0 Å². The van der Waals surface area contributed by atoms with Crippen LogP contribution in [0.5, 0.6) is 0 Å². The molecule has 108 valence electrons. The predicted molar refractivity (Wildman–Crippen MR) is 86.0 cm³/mol. The molecule has 2 rings (SSSR count). The fourth-order valence-electron chi connectivity index (χ4n) is 3.38. The van der Waals surface area contributed by atoms with E-state index in [1.165, 1.54) is 56.4 Å². The first-order chi connectivity index (χ1) is 9.10. The molecule has 0 bridgehead atoms. The lowest BCUT2D eigenvalue weighted by atomic mass is 9.78. The highest BCUT2D eigenvalue weighted by molar-refractivity contribution is 7.11. The Morgan fingerprint density at radius 3 is 2.53 bits per heavy atom. The third-order valence-corrected chi connectivity index (χ3v) is 5.63. The zero-order chi connectivity index (χ0) is 13.7. The number of aryl methyl sites for hydroxylation is 2. The summed E-state index contributed by atoms with van der Waals surface area (Å²) in [6.07, 6.45) is 9.87. The minimum absolute atomic E-state index is 0.624. The maximum atomic E-state index is 3.60. The Morgan fingerprint density at radius 1 is 1.21 bits per heavy atom. The largest absolute Gasteiger partial charge is 0.315 e. The molecule has 1 nitrogen and oxygen atoms in total. The Kier molecular flexibility index (Phi) is 5.47. The minimum Gasteiger partial charge on any atom is -0.315 e. The van der Waals surface area contributed by atoms with Gasteiger partial charge in [0.25, 0.3) is 0 Å². The van der Waals surface area contributed by atoms with E-state index in [-0.39, 0.29) is 0 Å². The van der Waals surface area contributed by atoms with Gasteiger partial charge in [-0.3, -0.25) is 0 Å². The van der Waals surface area contributed by atoms with Crippen LogP contribution in [-0.4, -0.2) is 12.6 Å². The van der Waals surface area contributed by atoms with Gasteiger partial charge in [-0.2, -0.15) is 0 Å². The van der Waals surface area contributed by atoms with Gasteiger partial charge in [0.2, 0.25) is 0 Å². The summed E-state index contributed by atoms with van der Waals surface area (Å²) in [7, 11) is 0. The molecule has 1 aromatic rings. The molecule has 0 spiro atoms. The van der Waals surface area contributed by atoms with Gasteiger partial charge in [-0.1, -0.05) is 26.7 Å². The van der Waals surface area contributed by atoms with Crippen molar-refractivity contribution in [3.8, 4) is 0 Å². The van der Waals surface area contributed by atoms with Crippen LogP contribution in [0.15, 0.2) is 12.1 Å². The van der Waals surface area contributed by atoms with E-state index in [0.29, 0.717) is 11.5 Å².